The van der Waals surface area contributed by atoms with Crippen LogP contribution in [0, 0.1) is 6.92 Å². The number of hydrogen-bond acceptors (Lipinski definition) is 6. The van der Waals surface area contributed by atoms with Crippen LogP contribution in [-0.2, 0) is 13.2 Å². The smallest absolute Gasteiger partial charge is 0.320 e. The van der Waals surface area contributed by atoms with Crippen molar-refractivity contribution in [2.75, 3.05) is 33.3 Å². The van der Waals surface area contributed by atoms with E-state index in [1.807, 2.05) is 12.3 Å². The molecule has 0 unspecified atom stereocenters. The van der Waals surface area contributed by atoms with Gasteiger partial charge >= 0.3 is 6.01 Å². The van der Waals surface area contributed by atoms with E-state index < -0.39 is 0 Å². The summed E-state index contributed by atoms with van der Waals surface area (Å²) in [6.07, 6.45) is 1.82. The van der Waals surface area contributed by atoms with Crippen LogP contribution in [0.4, 0.5) is 0 Å². The van der Waals surface area contributed by atoms with Gasteiger partial charge in [0.25, 0.3) is 0 Å². The fraction of sp³-hybridized carbons (Fsp3) is 0.333. The van der Waals surface area contributed by atoms with Gasteiger partial charge in [0, 0.05) is 44.5 Å². The fourth-order valence-corrected chi connectivity index (χ4v) is 3.75. The Balaban J connectivity index is 1.46. The second kappa shape index (κ2) is 9.69. The Kier molecular flexibility index (Phi) is 6.57. The minimum Gasteiger partial charge on any atom is -0.481 e. The van der Waals surface area contributed by atoms with Crippen molar-refractivity contribution in [3.8, 4) is 23.0 Å². The summed E-state index contributed by atoms with van der Waals surface area (Å²) in [5.41, 5.74) is 5.71. The zero-order valence-electron chi connectivity index (χ0n) is 17.6. The molecular formula is C24H28N4O2. The number of nitrogens with one attached hydrogen (secondary N) is 1. The Morgan fingerprint density at radius 2 is 1.80 bits per heavy atom. The first kappa shape index (κ1) is 20.3. The minimum atomic E-state index is 0.334. The quantitative estimate of drug-likeness (QED) is 0.651. The number of methoxy groups -OCH3 is 1. The molecule has 0 bridgehead atoms. The normalized spacial score (nSPS) is 14.5. The highest BCUT2D eigenvalue weighted by atomic mass is 16.5. The molecule has 0 aliphatic carbocycles. The highest BCUT2D eigenvalue weighted by Gasteiger charge is 2.15. The van der Waals surface area contributed by atoms with Crippen LogP contribution in [0.15, 0.2) is 54.7 Å². The maximum absolute atomic E-state index is 5.93. The van der Waals surface area contributed by atoms with E-state index in [0.29, 0.717) is 18.5 Å². The molecule has 0 amide bonds. The fourth-order valence-electron chi connectivity index (χ4n) is 3.75. The predicted octanol–water partition coefficient (Wildman–Crippen LogP) is 3.44. The molecule has 1 fully saturated rings. The number of ether oxygens (including phenoxy) is 2. The third-order valence-electron chi connectivity index (χ3n) is 5.49. The second-order valence-corrected chi connectivity index (χ2v) is 7.46. The highest BCUT2D eigenvalue weighted by Crippen LogP contribution is 2.26. The number of rotatable bonds is 7. The summed E-state index contributed by atoms with van der Waals surface area (Å²) in [6.45, 7) is 7.35. The summed E-state index contributed by atoms with van der Waals surface area (Å²) in [5.74, 6) is 0.577. The predicted molar refractivity (Wildman–Crippen MR) is 118 cm³/mol. The van der Waals surface area contributed by atoms with Crippen molar-refractivity contribution in [1.29, 1.82) is 0 Å². The van der Waals surface area contributed by atoms with Crippen molar-refractivity contribution in [1.82, 2.24) is 20.2 Å². The average Bonchev–Trinajstić information content (AvgIpc) is 2.80. The Hall–Kier alpha value is -2.96. The molecular weight excluding hydrogens is 376 g/mol. The zero-order chi connectivity index (χ0) is 20.8. The molecule has 3 aromatic rings. The van der Waals surface area contributed by atoms with E-state index in [-0.39, 0.29) is 0 Å². The first-order chi connectivity index (χ1) is 14.7. The third-order valence-corrected chi connectivity index (χ3v) is 5.49. The van der Waals surface area contributed by atoms with Gasteiger partial charge in [-0.15, -0.1) is 0 Å². The zero-order valence-corrected chi connectivity index (χ0v) is 17.6. The van der Waals surface area contributed by atoms with Gasteiger partial charge in [0.2, 0.25) is 5.88 Å². The van der Waals surface area contributed by atoms with E-state index in [0.717, 1.165) is 43.9 Å². The van der Waals surface area contributed by atoms with E-state index in [9.17, 15) is 0 Å². The van der Waals surface area contributed by atoms with Gasteiger partial charge in [0.15, 0.2) is 0 Å². The molecule has 1 aliphatic rings. The van der Waals surface area contributed by atoms with E-state index in [4.69, 9.17) is 9.47 Å². The van der Waals surface area contributed by atoms with E-state index in [1.165, 1.54) is 16.7 Å². The molecule has 1 saturated heterocycles. The van der Waals surface area contributed by atoms with Gasteiger partial charge in [-0.3, -0.25) is 4.90 Å². The van der Waals surface area contributed by atoms with Gasteiger partial charge < -0.3 is 14.8 Å². The van der Waals surface area contributed by atoms with Crippen molar-refractivity contribution in [2.24, 2.45) is 0 Å². The number of aromatic nitrogens is 2. The van der Waals surface area contributed by atoms with Crippen LogP contribution in [0.5, 0.6) is 11.9 Å². The van der Waals surface area contributed by atoms with Gasteiger partial charge in [-0.2, -0.15) is 4.98 Å². The molecule has 1 aromatic heterocycles. The maximum Gasteiger partial charge on any atom is 0.320 e. The topological polar surface area (TPSA) is 59.5 Å². The summed E-state index contributed by atoms with van der Waals surface area (Å²) in [5, 5.41) is 3.37. The van der Waals surface area contributed by atoms with Crippen molar-refractivity contribution >= 4 is 0 Å². The van der Waals surface area contributed by atoms with Gasteiger partial charge in [0.05, 0.1) is 7.11 Å². The lowest BCUT2D eigenvalue weighted by Gasteiger charge is -2.27. The van der Waals surface area contributed by atoms with Crippen LogP contribution in [0.1, 0.15) is 16.7 Å². The molecule has 2 heterocycles. The van der Waals surface area contributed by atoms with Crippen molar-refractivity contribution in [3.05, 3.63) is 71.4 Å². The Labute approximate surface area is 177 Å². The number of piperazine rings is 1. The first-order valence-corrected chi connectivity index (χ1v) is 10.3. The number of hydrogen-bond donors (Lipinski definition) is 1. The molecule has 6 heteroatoms. The lowest BCUT2D eigenvalue weighted by molar-refractivity contribution is 0.226. The largest absolute Gasteiger partial charge is 0.481 e. The SMILES string of the molecule is COc1nc(OCc2cccc(-c3ccccc3)c2C)ncc1CN1CCNCC1. The monoisotopic (exact) mass is 404 g/mol. The van der Waals surface area contributed by atoms with E-state index in [1.54, 1.807) is 7.11 Å². The van der Waals surface area contributed by atoms with Gasteiger partial charge in [-0.05, 0) is 29.2 Å². The standard InChI is InChI=1S/C24H28N4O2/c1-18-20(9-6-10-22(18)19-7-4-3-5-8-19)17-30-24-26-15-21(23(27-24)29-2)16-28-13-11-25-12-14-28/h3-10,15,25H,11-14,16-17H2,1-2H3. The molecule has 6 nitrogen and oxygen atoms in total. The average molecular weight is 405 g/mol. The van der Waals surface area contributed by atoms with Crippen LogP contribution in [-0.4, -0.2) is 48.2 Å². The molecule has 1 N–H and O–H groups in total. The Morgan fingerprint density at radius 3 is 2.57 bits per heavy atom. The Morgan fingerprint density at radius 1 is 1.00 bits per heavy atom. The van der Waals surface area contributed by atoms with Crippen molar-refractivity contribution < 1.29 is 9.47 Å². The van der Waals surface area contributed by atoms with Crippen LogP contribution >= 0.6 is 0 Å². The molecule has 1 aliphatic heterocycles. The third kappa shape index (κ3) is 4.78. The van der Waals surface area contributed by atoms with Gasteiger partial charge in [0.1, 0.15) is 6.61 Å². The van der Waals surface area contributed by atoms with Crippen molar-refractivity contribution in [3.63, 3.8) is 0 Å². The maximum atomic E-state index is 5.93. The lowest BCUT2D eigenvalue weighted by atomic mass is 9.97. The number of benzene rings is 2. The second-order valence-electron chi connectivity index (χ2n) is 7.46. The minimum absolute atomic E-state index is 0.334. The summed E-state index contributed by atoms with van der Waals surface area (Å²) in [4.78, 5) is 11.3. The van der Waals surface area contributed by atoms with E-state index >= 15 is 0 Å². The molecule has 156 valence electrons. The summed E-state index contributed by atoms with van der Waals surface area (Å²) in [7, 11) is 1.64. The molecule has 0 spiro atoms. The van der Waals surface area contributed by atoms with Gasteiger partial charge in [-0.1, -0.05) is 48.5 Å². The molecule has 0 radical (unpaired) electrons. The first-order valence-electron chi connectivity index (χ1n) is 10.3. The van der Waals surface area contributed by atoms with E-state index in [2.05, 4.69) is 69.6 Å². The number of nitrogens with zero attached hydrogens (tertiary/aromatic N) is 3. The summed E-state index contributed by atoms with van der Waals surface area (Å²) in [6, 6.07) is 17.0. The van der Waals surface area contributed by atoms with Crippen LogP contribution in [0.2, 0.25) is 0 Å². The molecule has 30 heavy (non-hydrogen) atoms. The molecule has 4 rings (SSSR count). The molecule has 0 atom stereocenters. The van der Waals surface area contributed by atoms with Crippen molar-refractivity contribution in [2.45, 2.75) is 20.1 Å². The van der Waals surface area contributed by atoms with Crippen LogP contribution in [0.25, 0.3) is 11.1 Å². The van der Waals surface area contributed by atoms with Crippen LogP contribution < -0.4 is 14.8 Å². The molecule has 0 saturated carbocycles. The lowest BCUT2D eigenvalue weighted by Crippen LogP contribution is -2.42. The summed E-state index contributed by atoms with van der Waals surface area (Å²) < 4.78 is 11.4. The molecule has 2 aromatic carbocycles. The van der Waals surface area contributed by atoms with Crippen LogP contribution in [0.3, 0.4) is 0 Å². The highest BCUT2D eigenvalue weighted by molar-refractivity contribution is 5.68. The Bertz CT molecular complexity index is 972. The summed E-state index contributed by atoms with van der Waals surface area (Å²) >= 11 is 0. The van der Waals surface area contributed by atoms with Gasteiger partial charge in [-0.25, -0.2) is 4.98 Å².